The van der Waals surface area contributed by atoms with Crippen LogP contribution in [0.3, 0.4) is 0 Å². The third-order valence-corrected chi connectivity index (χ3v) is 4.47. The van der Waals surface area contributed by atoms with E-state index in [4.69, 9.17) is 4.74 Å². The van der Waals surface area contributed by atoms with Crippen molar-refractivity contribution >= 4 is 11.6 Å². The predicted molar refractivity (Wildman–Crippen MR) is 112 cm³/mol. The van der Waals surface area contributed by atoms with Gasteiger partial charge >= 0.3 is 0 Å². The number of ether oxygens (including phenoxy) is 1. The molecule has 3 rings (SSSR count). The van der Waals surface area contributed by atoms with Crippen molar-refractivity contribution in [2.24, 2.45) is 0 Å². The van der Waals surface area contributed by atoms with Crippen molar-refractivity contribution in [1.29, 1.82) is 0 Å². The largest absolute Gasteiger partial charge is 0.497 e. The minimum atomic E-state index is -0.174. The van der Waals surface area contributed by atoms with Crippen molar-refractivity contribution in [2.45, 2.75) is 19.9 Å². The second kappa shape index (κ2) is 9.55. The van der Waals surface area contributed by atoms with Crippen molar-refractivity contribution in [1.82, 2.24) is 10.3 Å². The molecule has 1 heterocycles. The zero-order valence-electron chi connectivity index (χ0n) is 16.2. The highest BCUT2D eigenvalue weighted by Gasteiger charge is 2.07. The number of rotatable bonds is 8. The van der Waals surface area contributed by atoms with Crippen LogP contribution in [0.25, 0.3) is 0 Å². The molecule has 0 aliphatic heterocycles. The molecule has 144 valence electrons. The summed E-state index contributed by atoms with van der Waals surface area (Å²) in [7, 11) is 1.64. The molecule has 0 bridgehead atoms. The Labute approximate surface area is 165 Å². The number of aromatic nitrogens is 1. The number of pyridine rings is 1. The van der Waals surface area contributed by atoms with E-state index >= 15 is 0 Å². The predicted octanol–water partition coefficient (Wildman–Crippen LogP) is 3.98. The van der Waals surface area contributed by atoms with Crippen LogP contribution in [0.5, 0.6) is 5.75 Å². The van der Waals surface area contributed by atoms with Gasteiger partial charge in [0.25, 0.3) is 5.91 Å². The van der Waals surface area contributed by atoms with Crippen LogP contribution in [0, 0.1) is 6.92 Å². The smallest absolute Gasteiger partial charge is 0.269 e. The van der Waals surface area contributed by atoms with Gasteiger partial charge in [0.2, 0.25) is 0 Å². The van der Waals surface area contributed by atoms with Crippen LogP contribution < -0.4 is 15.4 Å². The number of aryl methyl sites for hydroxylation is 1. The molecule has 0 unspecified atom stereocenters. The summed E-state index contributed by atoms with van der Waals surface area (Å²) >= 11 is 0. The molecule has 3 aromatic rings. The van der Waals surface area contributed by atoms with Crippen LogP contribution in [-0.4, -0.2) is 24.5 Å². The molecule has 0 fully saturated rings. The SMILES string of the molecule is COc1ccc(CCNC(=O)c2cc(NCc3ccc(C)cc3)ccn2)cc1. The van der Waals surface area contributed by atoms with Gasteiger partial charge in [-0.3, -0.25) is 9.78 Å². The van der Waals surface area contributed by atoms with E-state index in [2.05, 4.69) is 46.8 Å². The van der Waals surface area contributed by atoms with E-state index < -0.39 is 0 Å². The Kier molecular flexibility index (Phi) is 6.63. The third kappa shape index (κ3) is 5.58. The Morgan fingerprint density at radius 3 is 2.43 bits per heavy atom. The maximum atomic E-state index is 12.4. The lowest BCUT2D eigenvalue weighted by molar-refractivity contribution is 0.0949. The number of hydrogen-bond acceptors (Lipinski definition) is 4. The molecular formula is C23H25N3O2. The van der Waals surface area contributed by atoms with E-state index in [1.807, 2.05) is 30.3 Å². The number of nitrogens with zero attached hydrogens (tertiary/aromatic N) is 1. The first-order valence-corrected chi connectivity index (χ1v) is 9.30. The minimum Gasteiger partial charge on any atom is -0.497 e. The minimum absolute atomic E-state index is 0.174. The molecular weight excluding hydrogens is 350 g/mol. The fourth-order valence-corrected chi connectivity index (χ4v) is 2.78. The number of carbonyl (C=O) groups is 1. The van der Waals surface area contributed by atoms with Crippen molar-refractivity contribution in [2.75, 3.05) is 19.0 Å². The zero-order chi connectivity index (χ0) is 19.8. The zero-order valence-corrected chi connectivity index (χ0v) is 16.2. The van der Waals surface area contributed by atoms with Gasteiger partial charge in [-0.1, -0.05) is 42.0 Å². The lowest BCUT2D eigenvalue weighted by atomic mass is 10.1. The van der Waals surface area contributed by atoms with Gasteiger partial charge < -0.3 is 15.4 Å². The van der Waals surface area contributed by atoms with Gasteiger partial charge in [0.05, 0.1) is 7.11 Å². The monoisotopic (exact) mass is 375 g/mol. The van der Waals surface area contributed by atoms with Crippen LogP contribution in [0.2, 0.25) is 0 Å². The Bertz CT molecular complexity index is 906. The number of nitrogens with one attached hydrogen (secondary N) is 2. The van der Waals surface area contributed by atoms with Gasteiger partial charge in [-0.25, -0.2) is 0 Å². The standard InChI is InChI=1S/C23H25N3O2/c1-17-3-5-19(6-4-17)16-26-20-12-14-24-22(15-20)23(27)25-13-11-18-7-9-21(28-2)10-8-18/h3-10,12,14-15H,11,13,16H2,1-2H3,(H,24,26)(H,25,27). The first-order valence-electron chi connectivity index (χ1n) is 9.30. The number of hydrogen-bond donors (Lipinski definition) is 2. The van der Waals surface area contributed by atoms with Crippen molar-refractivity contribution in [3.05, 3.63) is 89.2 Å². The molecule has 0 radical (unpaired) electrons. The van der Waals surface area contributed by atoms with Crippen LogP contribution in [0.15, 0.2) is 66.9 Å². The van der Waals surface area contributed by atoms with E-state index in [-0.39, 0.29) is 5.91 Å². The van der Waals surface area contributed by atoms with Crippen LogP contribution in [0.4, 0.5) is 5.69 Å². The Hall–Kier alpha value is -3.34. The fourth-order valence-electron chi connectivity index (χ4n) is 2.78. The Morgan fingerprint density at radius 2 is 1.71 bits per heavy atom. The summed E-state index contributed by atoms with van der Waals surface area (Å²) in [5, 5.41) is 6.26. The summed E-state index contributed by atoms with van der Waals surface area (Å²) in [4.78, 5) is 16.6. The molecule has 28 heavy (non-hydrogen) atoms. The fraction of sp³-hybridized carbons (Fsp3) is 0.217. The van der Waals surface area contributed by atoms with Crippen LogP contribution in [-0.2, 0) is 13.0 Å². The topological polar surface area (TPSA) is 63.2 Å². The lowest BCUT2D eigenvalue weighted by Gasteiger charge is -2.09. The highest BCUT2D eigenvalue weighted by atomic mass is 16.5. The molecule has 1 aromatic heterocycles. The highest BCUT2D eigenvalue weighted by Crippen LogP contribution is 2.12. The Morgan fingerprint density at radius 1 is 1.00 bits per heavy atom. The number of methoxy groups -OCH3 is 1. The quantitative estimate of drug-likeness (QED) is 0.625. The second-order valence-electron chi connectivity index (χ2n) is 6.62. The molecule has 0 aliphatic carbocycles. The normalized spacial score (nSPS) is 10.4. The summed E-state index contributed by atoms with van der Waals surface area (Å²) in [6.07, 6.45) is 2.40. The van der Waals surface area contributed by atoms with Crippen molar-refractivity contribution in [3.8, 4) is 5.75 Å². The highest BCUT2D eigenvalue weighted by molar-refractivity contribution is 5.93. The first-order chi connectivity index (χ1) is 13.6. The maximum absolute atomic E-state index is 12.4. The van der Waals surface area contributed by atoms with Crippen LogP contribution >= 0.6 is 0 Å². The molecule has 0 aliphatic rings. The van der Waals surface area contributed by atoms with Crippen molar-refractivity contribution in [3.63, 3.8) is 0 Å². The average molecular weight is 375 g/mol. The van der Waals surface area contributed by atoms with Gasteiger partial charge in [-0.2, -0.15) is 0 Å². The van der Waals surface area contributed by atoms with Gasteiger partial charge in [-0.05, 0) is 48.7 Å². The molecule has 0 saturated carbocycles. The number of carbonyl (C=O) groups excluding carboxylic acids is 1. The first kappa shape index (κ1) is 19.4. The third-order valence-electron chi connectivity index (χ3n) is 4.47. The lowest BCUT2D eigenvalue weighted by Crippen LogP contribution is -2.26. The molecule has 0 spiro atoms. The van der Waals surface area contributed by atoms with E-state index in [9.17, 15) is 4.79 Å². The summed E-state index contributed by atoms with van der Waals surface area (Å²) in [6, 6.07) is 19.8. The Balaban J connectivity index is 1.50. The number of amides is 1. The van der Waals surface area contributed by atoms with Crippen molar-refractivity contribution < 1.29 is 9.53 Å². The number of benzene rings is 2. The molecule has 5 heteroatoms. The van der Waals surface area contributed by atoms with Gasteiger partial charge in [0.1, 0.15) is 11.4 Å². The average Bonchev–Trinajstić information content (AvgIpc) is 2.74. The van der Waals surface area contributed by atoms with E-state index in [0.717, 1.165) is 23.4 Å². The second-order valence-corrected chi connectivity index (χ2v) is 6.62. The maximum Gasteiger partial charge on any atom is 0.269 e. The molecule has 2 N–H and O–H groups in total. The summed E-state index contributed by atoms with van der Waals surface area (Å²) < 4.78 is 5.15. The van der Waals surface area contributed by atoms with Gasteiger partial charge in [0, 0.05) is 25.0 Å². The summed E-state index contributed by atoms with van der Waals surface area (Å²) in [5.41, 5.74) is 4.84. The number of anilines is 1. The molecule has 2 aromatic carbocycles. The molecule has 5 nitrogen and oxygen atoms in total. The van der Waals surface area contributed by atoms with Gasteiger partial charge in [0.15, 0.2) is 0 Å². The van der Waals surface area contributed by atoms with E-state index in [0.29, 0.717) is 18.8 Å². The van der Waals surface area contributed by atoms with Crippen LogP contribution in [0.1, 0.15) is 27.2 Å². The summed E-state index contributed by atoms with van der Waals surface area (Å²) in [5.74, 6) is 0.652. The molecule has 0 atom stereocenters. The molecule has 0 saturated heterocycles. The van der Waals surface area contributed by atoms with E-state index in [1.54, 1.807) is 19.4 Å². The molecule has 1 amide bonds. The van der Waals surface area contributed by atoms with E-state index in [1.165, 1.54) is 11.1 Å². The van der Waals surface area contributed by atoms with Gasteiger partial charge in [-0.15, -0.1) is 0 Å². The summed E-state index contributed by atoms with van der Waals surface area (Å²) in [6.45, 7) is 3.32.